The molecule has 0 atom stereocenters. The van der Waals surface area contributed by atoms with E-state index >= 15 is 0 Å². The maximum Gasteiger partial charge on any atom is 0.441 e. The molecule has 0 bridgehead atoms. The highest BCUT2D eigenvalue weighted by molar-refractivity contribution is 7.66. The molecule has 4 heteroatoms. The van der Waals surface area contributed by atoms with Crippen molar-refractivity contribution in [2.24, 2.45) is 11.8 Å². The molecule has 0 fully saturated rings. The lowest BCUT2D eigenvalue weighted by Crippen LogP contribution is -2.18. The molecule has 0 aliphatic rings. The molecule has 0 aromatic heterocycles. The third-order valence-electron chi connectivity index (χ3n) is 6.01. The average molecular weight is 440 g/mol. The molecule has 0 aliphatic carbocycles. The Kier molecular flexibility index (Phi) is 14.1. The molecule has 1 rings (SSSR count). The largest absolute Gasteiger partial charge is 0.441 e. The van der Waals surface area contributed by atoms with Crippen LogP contribution in [0.3, 0.4) is 0 Å². The van der Waals surface area contributed by atoms with Crippen LogP contribution in [-0.2, 0) is 12.8 Å². The number of hydrogen-bond donors (Lipinski definition) is 3. The zero-order chi connectivity index (χ0) is 22.4. The standard InChI is InChI=1S/C26H48O3P/c1-22(2)16-11-7-5-9-13-18-24-19-15-21-26(30(27,28)29)25(24)20-14-10-6-8-12-17-23(3)4/h15,19,21-23,27-29H,5-14,16-18,20H2,1-4H3/q+1. The van der Waals surface area contributed by atoms with E-state index in [0.717, 1.165) is 49.5 Å². The molecule has 3 nitrogen and oxygen atoms in total. The molecule has 0 amide bonds. The fourth-order valence-corrected chi connectivity index (χ4v) is 5.11. The first-order valence-corrected chi connectivity index (χ1v) is 14.0. The molecule has 174 valence electrons. The van der Waals surface area contributed by atoms with E-state index in [9.17, 15) is 14.7 Å². The van der Waals surface area contributed by atoms with Crippen molar-refractivity contribution in [1.29, 1.82) is 0 Å². The molecule has 0 radical (unpaired) electrons. The second kappa shape index (κ2) is 15.4. The van der Waals surface area contributed by atoms with E-state index in [-0.39, 0.29) is 0 Å². The number of hydrogen-bond acceptors (Lipinski definition) is 3. The van der Waals surface area contributed by atoms with Crippen molar-refractivity contribution in [3.8, 4) is 0 Å². The van der Waals surface area contributed by atoms with Crippen molar-refractivity contribution >= 4 is 13.2 Å². The number of rotatable bonds is 17. The van der Waals surface area contributed by atoms with Crippen LogP contribution in [0.2, 0.25) is 0 Å². The highest BCUT2D eigenvalue weighted by Crippen LogP contribution is 2.44. The van der Waals surface area contributed by atoms with Crippen LogP contribution in [0.15, 0.2) is 18.2 Å². The van der Waals surface area contributed by atoms with E-state index in [1.807, 2.05) is 6.07 Å². The Morgan fingerprint density at radius 2 is 1.10 bits per heavy atom. The number of unbranched alkanes of at least 4 members (excludes halogenated alkanes) is 8. The van der Waals surface area contributed by atoms with Gasteiger partial charge in [-0.3, -0.25) is 0 Å². The molecule has 0 aliphatic heterocycles. The van der Waals surface area contributed by atoms with Gasteiger partial charge in [-0.2, -0.15) is 14.7 Å². The summed E-state index contributed by atoms with van der Waals surface area (Å²) in [4.78, 5) is 29.9. The van der Waals surface area contributed by atoms with E-state index in [2.05, 4.69) is 33.8 Å². The topological polar surface area (TPSA) is 60.7 Å². The van der Waals surface area contributed by atoms with Gasteiger partial charge in [0, 0.05) is 5.56 Å². The molecule has 0 saturated heterocycles. The van der Waals surface area contributed by atoms with Gasteiger partial charge in [0.1, 0.15) is 0 Å². The maximum atomic E-state index is 9.95. The Morgan fingerprint density at radius 3 is 1.60 bits per heavy atom. The molecule has 1 aromatic carbocycles. The number of aryl methyl sites for hydroxylation is 1. The smallest absolute Gasteiger partial charge is 0.189 e. The lowest BCUT2D eigenvalue weighted by atomic mass is 9.96. The van der Waals surface area contributed by atoms with E-state index < -0.39 is 7.94 Å². The number of benzene rings is 1. The van der Waals surface area contributed by atoms with Crippen LogP contribution in [0.1, 0.15) is 116 Å². The predicted octanol–water partition coefficient (Wildman–Crippen LogP) is 7.13. The van der Waals surface area contributed by atoms with Crippen LogP contribution >= 0.6 is 7.94 Å². The van der Waals surface area contributed by atoms with Crippen LogP contribution < -0.4 is 5.30 Å². The third-order valence-corrected chi connectivity index (χ3v) is 7.07. The van der Waals surface area contributed by atoms with Gasteiger partial charge in [-0.15, -0.1) is 0 Å². The Morgan fingerprint density at radius 1 is 0.633 bits per heavy atom. The van der Waals surface area contributed by atoms with Gasteiger partial charge in [0.05, 0.1) is 0 Å². The molecular formula is C26H48O3P+. The summed E-state index contributed by atoms with van der Waals surface area (Å²) in [6.45, 7) is 9.12. The van der Waals surface area contributed by atoms with Crippen LogP contribution in [-0.4, -0.2) is 14.7 Å². The van der Waals surface area contributed by atoms with Gasteiger partial charge < -0.3 is 0 Å². The summed E-state index contributed by atoms with van der Waals surface area (Å²) < 4.78 is 0. The van der Waals surface area contributed by atoms with Crippen LogP contribution in [0.5, 0.6) is 0 Å². The summed E-state index contributed by atoms with van der Waals surface area (Å²) in [6.07, 6.45) is 16.7. The van der Waals surface area contributed by atoms with Gasteiger partial charge in [0.25, 0.3) is 0 Å². The molecule has 0 spiro atoms. The highest BCUT2D eigenvalue weighted by atomic mass is 31.2. The van der Waals surface area contributed by atoms with Crippen LogP contribution in [0.25, 0.3) is 0 Å². The molecule has 3 N–H and O–H groups in total. The Labute approximate surface area is 186 Å². The van der Waals surface area contributed by atoms with Crippen molar-refractivity contribution in [3.63, 3.8) is 0 Å². The minimum absolute atomic E-state index is 0.372. The van der Waals surface area contributed by atoms with Gasteiger partial charge >= 0.3 is 7.94 Å². The van der Waals surface area contributed by atoms with Crippen LogP contribution in [0.4, 0.5) is 0 Å². The third kappa shape index (κ3) is 12.4. The average Bonchev–Trinajstić information content (AvgIpc) is 2.65. The van der Waals surface area contributed by atoms with Crippen LogP contribution in [0, 0.1) is 11.8 Å². The summed E-state index contributed by atoms with van der Waals surface area (Å²) in [5.74, 6) is 1.58. The van der Waals surface area contributed by atoms with Crippen molar-refractivity contribution < 1.29 is 14.7 Å². The van der Waals surface area contributed by atoms with Crippen molar-refractivity contribution in [3.05, 3.63) is 29.3 Å². The second-order valence-electron chi connectivity index (χ2n) is 9.88. The zero-order valence-electron chi connectivity index (χ0n) is 20.1. The maximum absolute atomic E-state index is 9.95. The van der Waals surface area contributed by atoms with Gasteiger partial charge in [-0.05, 0) is 49.1 Å². The van der Waals surface area contributed by atoms with Gasteiger partial charge in [-0.25, -0.2) is 0 Å². The van der Waals surface area contributed by atoms with E-state index in [0.29, 0.717) is 5.30 Å². The monoisotopic (exact) mass is 439 g/mol. The SMILES string of the molecule is CC(C)CCCCCCCc1cccc([P+](O)(O)O)c1CCCCCCCC(C)C. The summed E-state index contributed by atoms with van der Waals surface area (Å²) in [5.41, 5.74) is 2.18. The first-order chi connectivity index (χ1) is 14.2. The van der Waals surface area contributed by atoms with E-state index in [1.165, 1.54) is 63.4 Å². The van der Waals surface area contributed by atoms with Gasteiger partial charge in [0.2, 0.25) is 0 Å². The van der Waals surface area contributed by atoms with E-state index in [4.69, 9.17) is 0 Å². The first-order valence-electron chi connectivity index (χ1n) is 12.4. The second-order valence-corrected chi connectivity index (χ2v) is 11.5. The molecule has 0 heterocycles. The normalized spacial score (nSPS) is 12.3. The van der Waals surface area contributed by atoms with Crippen molar-refractivity contribution in [2.75, 3.05) is 0 Å². The zero-order valence-corrected chi connectivity index (χ0v) is 21.0. The lowest BCUT2D eigenvalue weighted by Gasteiger charge is -2.15. The fraction of sp³-hybridized carbons (Fsp3) is 0.769. The minimum atomic E-state index is -3.97. The van der Waals surface area contributed by atoms with Gasteiger partial charge in [0.15, 0.2) is 5.30 Å². The predicted molar refractivity (Wildman–Crippen MR) is 132 cm³/mol. The Hall–Kier alpha value is -0.470. The molecular weight excluding hydrogens is 391 g/mol. The quantitative estimate of drug-likeness (QED) is 0.179. The molecule has 0 saturated carbocycles. The highest BCUT2D eigenvalue weighted by Gasteiger charge is 2.37. The summed E-state index contributed by atoms with van der Waals surface area (Å²) >= 11 is 0. The van der Waals surface area contributed by atoms with Crippen molar-refractivity contribution in [1.82, 2.24) is 0 Å². The van der Waals surface area contributed by atoms with Crippen molar-refractivity contribution in [2.45, 2.75) is 118 Å². The van der Waals surface area contributed by atoms with Gasteiger partial charge in [-0.1, -0.05) is 104 Å². The Bertz CT molecular complexity index is 564. The summed E-state index contributed by atoms with van der Waals surface area (Å²) in [5, 5.41) is 0.372. The summed E-state index contributed by atoms with van der Waals surface area (Å²) in [7, 11) is -3.97. The minimum Gasteiger partial charge on any atom is -0.189 e. The fourth-order valence-electron chi connectivity index (χ4n) is 4.21. The molecule has 1 aromatic rings. The lowest BCUT2D eigenvalue weighted by molar-refractivity contribution is 0.346. The first kappa shape index (κ1) is 27.6. The Balaban J connectivity index is 2.52. The van der Waals surface area contributed by atoms with E-state index in [1.54, 1.807) is 6.07 Å². The molecule has 0 unspecified atom stereocenters. The summed E-state index contributed by atoms with van der Waals surface area (Å²) in [6, 6.07) is 5.66. The molecule has 30 heavy (non-hydrogen) atoms.